The number of hydrogen-bond donors (Lipinski definition) is 3. The smallest absolute Gasteiger partial charge is 0.321 e. The molecule has 1 atom stereocenters. The molecule has 0 aromatic heterocycles. The number of amides is 3. The van der Waals surface area contributed by atoms with Crippen molar-refractivity contribution in [3.05, 3.63) is 71.5 Å². The number of halogens is 1. The molecule has 0 saturated heterocycles. The monoisotopic (exact) mass is 329 g/mol. The van der Waals surface area contributed by atoms with Gasteiger partial charge in [0.05, 0.1) is 0 Å². The Labute approximate surface area is 140 Å². The molecule has 0 unspecified atom stereocenters. The van der Waals surface area contributed by atoms with E-state index in [1.165, 1.54) is 13.1 Å². The van der Waals surface area contributed by atoms with Gasteiger partial charge in [-0.05, 0) is 23.6 Å². The van der Waals surface area contributed by atoms with Gasteiger partial charge < -0.3 is 10.6 Å². The van der Waals surface area contributed by atoms with E-state index < -0.39 is 18.0 Å². The maximum atomic E-state index is 13.7. The zero-order valence-electron chi connectivity index (χ0n) is 13.4. The third-order valence-corrected chi connectivity index (χ3v) is 3.56. The number of carbonyl (C=O) groups excluding carboxylic acids is 2. The second-order valence-corrected chi connectivity index (χ2v) is 5.21. The highest BCUT2D eigenvalue weighted by Crippen LogP contribution is 2.13. The second kappa shape index (κ2) is 8.79. The van der Waals surface area contributed by atoms with E-state index in [4.69, 9.17) is 0 Å². The molecule has 3 amide bonds. The van der Waals surface area contributed by atoms with Crippen LogP contribution < -0.4 is 16.0 Å². The minimum Gasteiger partial charge on any atom is -0.341 e. The molecule has 0 saturated carbocycles. The van der Waals surface area contributed by atoms with Crippen LogP contribution in [0, 0.1) is 5.82 Å². The molecule has 0 aliphatic heterocycles. The lowest BCUT2D eigenvalue weighted by atomic mass is 10.1. The number of benzene rings is 2. The molecule has 2 aromatic carbocycles. The van der Waals surface area contributed by atoms with Crippen molar-refractivity contribution in [2.24, 2.45) is 0 Å². The summed E-state index contributed by atoms with van der Waals surface area (Å²) >= 11 is 0. The topological polar surface area (TPSA) is 70.2 Å². The fraction of sp³-hybridized carbons (Fsp3) is 0.222. The summed E-state index contributed by atoms with van der Waals surface area (Å²) in [5.41, 5.74) is 1.30. The molecule has 0 fully saturated rings. The first-order chi connectivity index (χ1) is 11.6. The summed E-state index contributed by atoms with van der Waals surface area (Å²) in [4.78, 5) is 23.7. The normalized spacial score (nSPS) is 11.6. The van der Waals surface area contributed by atoms with Gasteiger partial charge in [-0.3, -0.25) is 10.1 Å². The minimum absolute atomic E-state index is 0.273. The molecule has 2 rings (SSSR count). The molecular weight excluding hydrogens is 309 g/mol. The summed E-state index contributed by atoms with van der Waals surface area (Å²) in [6.07, 6.45) is 0.434. The Kier molecular flexibility index (Phi) is 6.45. The number of nitrogens with one attached hydrogen (secondary N) is 3. The molecular formula is C18H20FN3O2. The van der Waals surface area contributed by atoms with Crippen LogP contribution in [0.1, 0.15) is 17.2 Å². The van der Waals surface area contributed by atoms with Gasteiger partial charge in [-0.15, -0.1) is 0 Å². The molecule has 0 radical (unpaired) electrons. The largest absolute Gasteiger partial charge is 0.341 e. The Hall–Kier alpha value is -2.73. The zero-order chi connectivity index (χ0) is 17.4. The van der Waals surface area contributed by atoms with Crippen molar-refractivity contribution in [3.63, 3.8) is 0 Å². The van der Waals surface area contributed by atoms with Crippen molar-refractivity contribution in [1.82, 2.24) is 16.0 Å². The van der Waals surface area contributed by atoms with E-state index in [2.05, 4.69) is 16.0 Å². The number of rotatable bonds is 6. The molecule has 24 heavy (non-hydrogen) atoms. The van der Waals surface area contributed by atoms with E-state index >= 15 is 0 Å². The molecule has 0 aliphatic carbocycles. The summed E-state index contributed by atoms with van der Waals surface area (Å²) in [6.45, 7) is 0.391. The van der Waals surface area contributed by atoms with Crippen LogP contribution in [0.25, 0.3) is 0 Å². The van der Waals surface area contributed by atoms with Gasteiger partial charge in [0.1, 0.15) is 11.9 Å². The summed E-state index contributed by atoms with van der Waals surface area (Å²) in [6, 6.07) is 14.3. The lowest BCUT2D eigenvalue weighted by Gasteiger charge is -2.18. The van der Waals surface area contributed by atoms with Crippen molar-refractivity contribution in [2.45, 2.75) is 12.5 Å². The maximum absolute atomic E-state index is 13.7. The first-order valence-electron chi connectivity index (χ1n) is 7.66. The molecule has 0 aliphatic rings. The Morgan fingerprint density at radius 3 is 2.38 bits per heavy atom. The van der Waals surface area contributed by atoms with Gasteiger partial charge in [0.2, 0.25) is 5.91 Å². The van der Waals surface area contributed by atoms with Crippen molar-refractivity contribution < 1.29 is 14.0 Å². The Morgan fingerprint density at radius 1 is 1.04 bits per heavy atom. The predicted molar refractivity (Wildman–Crippen MR) is 89.9 cm³/mol. The standard InChI is InChI=1S/C18H20FN3O2/c1-20-18(24)22-17(23)16(14-8-3-2-4-9-14)21-12-11-13-7-5-6-10-15(13)19/h2-10,16,21H,11-12H2,1H3,(H2,20,22,23,24)/t16-/m0/s1. The summed E-state index contributed by atoms with van der Waals surface area (Å²) < 4.78 is 13.7. The van der Waals surface area contributed by atoms with Crippen LogP contribution in [0.4, 0.5) is 9.18 Å². The highest BCUT2D eigenvalue weighted by Gasteiger charge is 2.21. The Bertz CT molecular complexity index is 692. The van der Waals surface area contributed by atoms with Gasteiger partial charge in [-0.2, -0.15) is 0 Å². The lowest BCUT2D eigenvalue weighted by Crippen LogP contribution is -2.44. The number of hydrogen-bond acceptors (Lipinski definition) is 3. The van der Waals surface area contributed by atoms with Crippen molar-refractivity contribution in [2.75, 3.05) is 13.6 Å². The third-order valence-electron chi connectivity index (χ3n) is 3.56. The zero-order valence-corrected chi connectivity index (χ0v) is 13.4. The second-order valence-electron chi connectivity index (χ2n) is 5.21. The number of imide groups is 1. The van der Waals surface area contributed by atoms with Crippen LogP contribution in [-0.4, -0.2) is 25.5 Å². The number of urea groups is 1. The van der Waals surface area contributed by atoms with E-state index in [0.717, 1.165) is 5.56 Å². The lowest BCUT2D eigenvalue weighted by molar-refractivity contribution is -0.122. The van der Waals surface area contributed by atoms with Gasteiger partial charge in [-0.25, -0.2) is 9.18 Å². The van der Waals surface area contributed by atoms with Gasteiger partial charge in [0, 0.05) is 13.6 Å². The van der Waals surface area contributed by atoms with E-state index in [1.54, 1.807) is 30.3 Å². The van der Waals surface area contributed by atoms with Crippen LogP contribution in [0.5, 0.6) is 0 Å². The Balaban J connectivity index is 2.05. The van der Waals surface area contributed by atoms with Crippen LogP contribution in [0.2, 0.25) is 0 Å². The summed E-state index contributed by atoms with van der Waals surface area (Å²) in [5.74, 6) is -0.737. The average Bonchev–Trinajstić information content (AvgIpc) is 2.60. The van der Waals surface area contributed by atoms with E-state index in [9.17, 15) is 14.0 Å². The van der Waals surface area contributed by atoms with Crippen LogP contribution in [0.3, 0.4) is 0 Å². The van der Waals surface area contributed by atoms with E-state index in [0.29, 0.717) is 18.5 Å². The van der Waals surface area contributed by atoms with Gasteiger partial charge in [0.25, 0.3) is 0 Å². The summed E-state index contributed by atoms with van der Waals surface area (Å²) in [5, 5.41) is 7.69. The highest BCUT2D eigenvalue weighted by molar-refractivity contribution is 5.97. The third kappa shape index (κ3) is 4.89. The molecule has 126 valence electrons. The molecule has 0 spiro atoms. The van der Waals surface area contributed by atoms with Gasteiger partial charge >= 0.3 is 6.03 Å². The van der Waals surface area contributed by atoms with Gasteiger partial charge in [0.15, 0.2) is 0 Å². The molecule has 0 bridgehead atoms. The quantitative estimate of drug-likeness (QED) is 0.760. The molecule has 5 nitrogen and oxygen atoms in total. The van der Waals surface area contributed by atoms with Crippen molar-refractivity contribution in [1.29, 1.82) is 0 Å². The van der Waals surface area contributed by atoms with E-state index in [-0.39, 0.29) is 5.82 Å². The van der Waals surface area contributed by atoms with Crippen molar-refractivity contribution in [3.8, 4) is 0 Å². The Morgan fingerprint density at radius 2 is 1.71 bits per heavy atom. The summed E-state index contributed by atoms with van der Waals surface area (Å²) in [7, 11) is 1.44. The first-order valence-corrected chi connectivity index (χ1v) is 7.66. The predicted octanol–water partition coefficient (Wildman–Crippen LogP) is 2.15. The molecule has 3 N–H and O–H groups in total. The molecule has 2 aromatic rings. The SMILES string of the molecule is CNC(=O)NC(=O)[C@@H](NCCc1ccccc1F)c1ccccc1. The van der Waals surface area contributed by atoms with E-state index in [1.807, 2.05) is 18.2 Å². The number of carbonyl (C=O) groups is 2. The highest BCUT2D eigenvalue weighted by atomic mass is 19.1. The minimum atomic E-state index is -0.699. The fourth-order valence-electron chi connectivity index (χ4n) is 2.31. The average molecular weight is 329 g/mol. The molecule has 6 heteroatoms. The first kappa shape index (κ1) is 17.6. The van der Waals surface area contributed by atoms with Gasteiger partial charge in [-0.1, -0.05) is 48.5 Å². The maximum Gasteiger partial charge on any atom is 0.321 e. The van der Waals surface area contributed by atoms with Crippen LogP contribution in [-0.2, 0) is 11.2 Å². The van der Waals surface area contributed by atoms with Crippen LogP contribution in [0.15, 0.2) is 54.6 Å². The van der Waals surface area contributed by atoms with Crippen LogP contribution >= 0.6 is 0 Å². The fourth-order valence-corrected chi connectivity index (χ4v) is 2.31. The van der Waals surface area contributed by atoms with Crippen molar-refractivity contribution >= 4 is 11.9 Å². The molecule has 0 heterocycles.